The van der Waals surface area contributed by atoms with Crippen LogP contribution in [0.25, 0.3) is 0 Å². The second-order valence-corrected chi connectivity index (χ2v) is 5.06. The zero-order chi connectivity index (χ0) is 14.8. The first-order chi connectivity index (χ1) is 9.47. The molecule has 0 bridgehead atoms. The lowest BCUT2D eigenvalue weighted by Gasteiger charge is -2.29. The molecule has 108 valence electrons. The maximum absolute atomic E-state index is 11.2. The molecule has 7 nitrogen and oxygen atoms in total. The molecule has 0 aliphatic heterocycles. The summed E-state index contributed by atoms with van der Waals surface area (Å²) in [5, 5.41) is 32.5. The Kier molecular flexibility index (Phi) is 3.89. The number of carboxylic acid groups (broad SMARTS) is 1. The summed E-state index contributed by atoms with van der Waals surface area (Å²) in [4.78, 5) is 21.3. The minimum absolute atomic E-state index is 0.0942. The van der Waals surface area contributed by atoms with Crippen molar-refractivity contribution < 1.29 is 19.9 Å². The van der Waals surface area contributed by atoms with Crippen molar-refractivity contribution in [3.8, 4) is 0 Å². The molecule has 3 N–H and O–H groups in total. The van der Waals surface area contributed by atoms with E-state index in [4.69, 9.17) is 0 Å². The Morgan fingerprint density at radius 3 is 2.55 bits per heavy atom. The average Bonchev–Trinajstić information content (AvgIpc) is 2.88. The smallest absolute Gasteiger partial charge is 0.338 e. The number of nitrogens with zero attached hydrogens (tertiary/aromatic N) is 1. The standard InChI is InChI=1S/C13H16N2O5/c16-8-13(5-1-2-6-13)14-11-4-3-9(15(19)20)7-10(11)12(17)18/h3-4,7,14,16H,1-2,5-6,8H2,(H,17,18). The summed E-state index contributed by atoms with van der Waals surface area (Å²) in [5.74, 6) is -1.23. The number of hydrogen-bond donors (Lipinski definition) is 3. The Balaban J connectivity index is 2.35. The molecule has 1 fully saturated rings. The highest BCUT2D eigenvalue weighted by Crippen LogP contribution is 2.34. The predicted molar refractivity (Wildman–Crippen MR) is 72.0 cm³/mol. The van der Waals surface area contributed by atoms with Crippen LogP contribution in [-0.2, 0) is 0 Å². The lowest BCUT2D eigenvalue weighted by atomic mass is 9.97. The Morgan fingerprint density at radius 2 is 2.05 bits per heavy atom. The van der Waals surface area contributed by atoms with Crippen LogP contribution in [-0.4, -0.2) is 33.3 Å². The Morgan fingerprint density at radius 1 is 1.40 bits per heavy atom. The van der Waals surface area contributed by atoms with E-state index in [2.05, 4.69) is 5.32 Å². The number of anilines is 1. The molecule has 0 heterocycles. The van der Waals surface area contributed by atoms with Gasteiger partial charge in [0.1, 0.15) is 0 Å². The van der Waals surface area contributed by atoms with Crippen molar-refractivity contribution in [1.29, 1.82) is 0 Å². The lowest BCUT2D eigenvalue weighted by Crippen LogP contribution is -2.39. The molecule has 0 radical (unpaired) electrons. The highest BCUT2D eigenvalue weighted by molar-refractivity contribution is 5.95. The van der Waals surface area contributed by atoms with Gasteiger partial charge >= 0.3 is 5.97 Å². The van der Waals surface area contributed by atoms with Crippen molar-refractivity contribution >= 4 is 17.3 Å². The van der Waals surface area contributed by atoms with E-state index in [-0.39, 0.29) is 17.9 Å². The molecule has 0 saturated heterocycles. The number of nitro groups is 1. The molecule has 1 aromatic rings. The molecular weight excluding hydrogens is 264 g/mol. The van der Waals surface area contributed by atoms with Crippen molar-refractivity contribution in [2.24, 2.45) is 0 Å². The number of hydrogen-bond acceptors (Lipinski definition) is 5. The van der Waals surface area contributed by atoms with Crippen molar-refractivity contribution in [2.45, 2.75) is 31.2 Å². The van der Waals surface area contributed by atoms with Crippen LogP contribution in [0.15, 0.2) is 18.2 Å². The van der Waals surface area contributed by atoms with E-state index >= 15 is 0 Å². The molecule has 20 heavy (non-hydrogen) atoms. The van der Waals surface area contributed by atoms with Crippen LogP contribution in [0, 0.1) is 10.1 Å². The zero-order valence-corrected chi connectivity index (χ0v) is 10.8. The van der Waals surface area contributed by atoms with Crippen LogP contribution in [0.3, 0.4) is 0 Å². The number of non-ortho nitro benzene ring substituents is 1. The van der Waals surface area contributed by atoms with Crippen LogP contribution in [0.2, 0.25) is 0 Å². The molecule has 1 saturated carbocycles. The quantitative estimate of drug-likeness (QED) is 0.561. The van der Waals surface area contributed by atoms with Crippen LogP contribution >= 0.6 is 0 Å². The van der Waals surface area contributed by atoms with Gasteiger partial charge in [-0.2, -0.15) is 0 Å². The lowest BCUT2D eigenvalue weighted by molar-refractivity contribution is -0.384. The van der Waals surface area contributed by atoms with Crippen LogP contribution in [0.5, 0.6) is 0 Å². The maximum Gasteiger partial charge on any atom is 0.338 e. The number of benzene rings is 1. The summed E-state index contributed by atoms with van der Waals surface area (Å²) >= 11 is 0. The fourth-order valence-electron chi connectivity index (χ4n) is 2.59. The minimum atomic E-state index is -1.23. The molecule has 0 unspecified atom stereocenters. The second-order valence-electron chi connectivity index (χ2n) is 5.06. The van der Waals surface area contributed by atoms with E-state index in [1.165, 1.54) is 12.1 Å². The van der Waals surface area contributed by atoms with Crippen molar-refractivity contribution in [3.63, 3.8) is 0 Å². The highest BCUT2D eigenvalue weighted by atomic mass is 16.6. The molecular formula is C13H16N2O5. The maximum atomic E-state index is 11.2. The molecule has 0 atom stereocenters. The Labute approximate surface area is 115 Å². The molecule has 2 rings (SSSR count). The Hall–Kier alpha value is -2.15. The van der Waals surface area contributed by atoms with Crippen LogP contribution in [0.1, 0.15) is 36.0 Å². The van der Waals surface area contributed by atoms with Gasteiger partial charge in [-0.1, -0.05) is 12.8 Å². The number of aromatic carboxylic acids is 1. The van der Waals surface area contributed by atoms with Gasteiger partial charge < -0.3 is 15.5 Å². The molecule has 1 aliphatic rings. The summed E-state index contributed by atoms with van der Waals surface area (Å²) in [6.07, 6.45) is 3.42. The number of carboxylic acids is 1. The first kappa shape index (κ1) is 14.3. The Bertz CT molecular complexity index is 538. The third-order valence-corrected chi connectivity index (χ3v) is 3.71. The van der Waals surface area contributed by atoms with Crippen molar-refractivity contribution in [3.05, 3.63) is 33.9 Å². The fraction of sp³-hybridized carbons (Fsp3) is 0.462. The summed E-state index contributed by atoms with van der Waals surface area (Å²) in [6.45, 7) is -0.0942. The van der Waals surface area contributed by atoms with Gasteiger partial charge in [-0.15, -0.1) is 0 Å². The van der Waals surface area contributed by atoms with E-state index in [1.807, 2.05) is 0 Å². The number of aliphatic hydroxyl groups excluding tert-OH is 1. The summed E-state index contributed by atoms with van der Waals surface area (Å²) in [5.41, 5.74) is -0.643. The largest absolute Gasteiger partial charge is 0.478 e. The van der Waals surface area contributed by atoms with Gasteiger partial charge in [0.05, 0.1) is 22.6 Å². The summed E-state index contributed by atoms with van der Waals surface area (Å²) in [6, 6.07) is 3.68. The molecule has 0 amide bonds. The molecule has 7 heteroatoms. The van der Waals surface area contributed by atoms with Crippen molar-refractivity contribution in [1.82, 2.24) is 0 Å². The number of nitro benzene ring substituents is 1. The second kappa shape index (κ2) is 5.46. The summed E-state index contributed by atoms with van der Waals surface area (Å²) < 4.78 is 0. The average molecular weight is 280 g/mol. The predicted octanol–water partition coefficient (Wildman–Crippen LogP) is 2.01. The van der Waals surface area contributed by atoms with E-state index in [0.29, 0.717) is 5.69 Å². The zero-order valence-electron chi connectivity index (χ0n) is 10.8. The first-order valence-corrected chi connectivity index (χ1v) is 6.38. The normalized spacial score (nSPS) is 16.9. The third kappa shape index (κ3) is 2.72. The monoisotopic (exact) mass is 280 g/mol. The minimum Gasteiger partial charge on any atom is -0.478 e. The van der Waals surface area contributed by atoms with E-state index in [1.54, 1.807) is 0 Å². The topological polar surface area (TPSA) is 113 Å². The van der Waals surface area contributed by atoms with Gasteiger partial charge in [0, 0.05) is 17.8 Å². The van der Waals surface area contributed by atoms with Crippen LogP contribution < -0.4 is 5.32 Å². The third-order valence-electron chi connectivity index (χ3n) is 3.71. The van der Waals surface area contributed by atoms with Crippen LogP contribution in [0.4, 0.5) is 11.4 Å². The van der Waals surface area contributed by atoms with Gasteiger partial charge in [-0.3, -0.25) is 10.1 Å². The van der Waals surface area contributed by atoms with E-state index in [0.717, 1.165) is 31.7 Å². The number of carbonyl (C=O) groups is 1. The van der Waals surface area contributed by atoms with Gasteiger partial charge in [-0.25, -0.2) is 4.79 Å². The molecule has 0 aromatic heterocycles. The van der Waals surface area contributed by atoms with E-state index < -0.39 is 16.4 Å². The SMILES string of the molecule is O=C(O)c1cc([N+](=O)[O-])ccc1NC1(CO)CCCC1. The summed E-state index contributed by atoms with van der Waals surface area (Å²) in [7, 11) is 0. The molecule has 1 aromatic carbocycles. The van der Waals surface area contributed by atoms with Gasteiger partial charge in [0.15, 0.2) is 0 Å². The number of rotatable bonds is 5. The number of nitrogens with one attached hydrogen (secondary N) is 1. The first-order valence-electron chi connectivity index (χ1n) is 6.38. The van der Waals surface area contributed by atoms with E-state index in [9.17, 15) is 25.1 Å². The number of aliphatic hydroxyl groups is 1. The molecule has 1 aliphatic carbocycles. The molecule has 0 spiro atoms. The highest BCUT2D eigenvalue weighted by Gasteiger charge is 2.34. The van der Waals surface area contributed by atoms with Gasteiger partial charge in [0.25, 0.3) is 5.69 Å². The van der Waals surface area contributed by atoms with Gasteiger partial charge in [-0.05, 0) is 18.9 Å². The van der Waals surface area contributed by atoms with Crippen molar-refractivity contribution in [2.75, 3.05) is 11.9 Å². The van der Waals surface area contributed by atoms with Gasteiger partial charge in [0.2, 0.25) is 0 Å². The fourth-order valence-corrected chi connectivity index (χ4v) is 2.59.